The molecule has 0 spiro atoms. The molecule has 3 aromatic carbocycles. The molecule has 0 aliphatic rings. The molecular formula is C27H19N3O5S. The minimum atomic E-state index is -3.69. The van der Waals surface area contributed by atoms with Crippen LogP contribution in [0.3, 0.4) is 0 Å². The molecule has 9 heteroatoms. The summed E-state index contributed by atoms with van der Waals surface area (Å²) in [5, 5.41) is 13.5. The molecule has 0 fully saturated rings. The van der Waals surface area contributed by atoms with Crippen molar-refractivity contribution in [1.29, 1.82) is 5.26 Å². The third-order valence-corrected chi connectivity index (χ3v) is 7.45. The lowest BCUT2D eigenvalue weighted by atomic mass is 10.0. The molecule has 0 radical (unpaired) electrons. The normalized spacial score (nSPS) is 11.3. The van der Waals surface area contributed by atoms with E-state index in [1.54, 1.807) is 36.4 Å². The number of pyridine rings is 1. The molecule has 0 aliphatic carbocycles. The summed E-state index contributed by atoms with van der Waals surface area (Å²) in [4.78, 5) is 13.2. The highest BCUT2D eigenvalue weighted by Gasteiger charge is 2.19. The zero-order valence-electron chi connectivity index (χ0n) is 19.1. The summed E-state index contributed by atoms with van der Waals surface area (Å²) in [6.07, 6.45) is 1.32. The van der Waals surface area contributed by atoms with Crippen LogP contribution in [0.1, 0.15) is 11.3 Å². The summed E-state index contributed by atoms with van der Waals surface area (Å²) < 4.78 is 37.6. The molecule has 36 heavy (non-hydrogen) atoms. The summed E-state index contributed by atoms with van der Waals surface area (Å²) >= 11 is 0. The maximum absolute atomic E-state index is 13.1. The standard InChI is InChI=1S/C27H19N3O5S/c1-34-26-9-5-20(19-4-2-3-18(13-19)16-28)15-25(26)30-24-8-7-23(14-21(24)6-10-27(30)31)36(32,33)17-22-11-12-35-29-22/h2-15H,17H2,1H3. The second kappa shape index (κ2) is 9.17. The Morgan fingerprint density at radius 2 is 1.83 bits per heavy atom. The molecule has 0 N–H and O–H groups in total. The zero-order chi connectivity index (χ0) is 25.3. The lowest BCUT2D eigenvalue weighted by molar-refractivity contribution is 0.413. The van der Waals surface area contributed by atoms with Crippen LogP contribution in [-0.2, 0) is 15.6 Å². The number of ether oxygens (including phenoxy) is 1. The van der Waals surface area contributed by atoms with Gasteiger partial charge in [-0.2, -0.15) is 5.26 Å². The highest BCUT2D eigenvalue weighted by molar-refractivity contribution is 7.90. The number of hydrogen-bond acceptors (Lipinski definition) is 7. The van der Waals surface area contributed by atoms with E-state index in [1.165, 1.54) is 42.2 Å². The molecule has 5 aromatic rings. The van der Waals surface area contributed by atoms with Gasteiger partial charge in [0.05, 0.1) is 40.5 Å². The highest BCUT2D eigenvalue weighted by Crippen LogP contribution is 2.31. The number of sulfone groups is 1. The summed E-state index contributed by atoms with van der Waals surface area (Å²) in [5.74, 6) is 0.166. The number of nitriles is 1. The van der Waals surface area contributed by atoms with Crippen molar-refractivity contribution in [2.75, 3.05) is 7.11 Å². The van der Waals surface area contributed by atoms with Crippen LogP contribution < -0.4 is 10.3 Å². The van der Waals surface area contributed by atoms with Crippen LogP contribution in [0.25, 0.3) is 27.7 Å². The fraction of sp³-hybridized carbons (Fsp3) is 0.0741. The Labute approximate surface area is 206 Å². The summed E-state index contributed by atoms with van der Waals surface area (Å²) in [6.45, 7) is 0. The molecule has 0 saturated carbocycles. The van der Waals surface area contributed by atoms with Crippen molar-refractivity contribution in [3.05, 3.63) is 107 Å². The van der Waals surface area contributed by atoms with E-state index in [1.807, 2.05) is 18.2 Å². The Bertz CT molecular complexity index is 1800. The summed E-state index contributed by atoms with van der Waals surface area (Å²) in [6, 6.07) is 23.8. The molecule has 0 aliphatic heterocycles. The average Bonchev–Trinajstić information content (AvgIpc) is 3.40. The number of nitrogens with zero attached hydrogens (tertiary/aromatic N) is 3. The van der Waals surface area contributed by atoms with E-state index in [0.29, 0.717) is 33.6 Å². The predicted octanol–water partition coefficient (Wildman–Crippen LogP) is 4.50. The second-order valence-electron chi connectivity index (χ2n) is 8.06. The van der Waals surface area contributed by atoms with Gasteiger partial charge in [-0.1, -0.05) is 23.4 Å². The molecule has 8 nitrogen and oxygen atoms in total. The van der Waals surface area contributed by atoms with Gasteiger partial charge in [-0.25, -0.2) is 8.42 Å². The third-order valence-electron chi connectivity index (χ3n) is 5.80. The number of rotatable bonds is 6. The Morgan fingerprint density at radius 3 is 2.58 bits per heavy atom. The van der Waals surface area contributed by atoms with Gasteiger partial charge in [-0.05, 0) is 59.7 Å². The van der Waals surface area contributed by atoms with Gasteiger partial charge in [0.25, 0.3) is 5.56 Å². The van der Waals surface area contributed by atoms with Crippen LogP contribution in [0.15, 0.2) is 99.3 Å². The molecule has 0 atom stereocenters. The quantitative estimate of drug-likeness (QED) is 0.339. The van der Waals surface area contributed by atoms with Crippen LogP contribution in [0.5, 0.6) is 5.75 Å². The molecule has 5 rings (SSSR count). The molecular weight excluding hydrogens is 478 g/mol. The van der Waals surface area contributed by atoms with Crippen molar-refractivity contribution < 1.29 is 17.7 Å². The van der Waals surface area contributed by atoms with E-state index < -0.39 is 9.84 Å². The molecule has 0 unspecified atom stereocenters. The van der Waals surface area contributed by atoms with E-state index >= 15 is 0 Å². The highest BCUT2D eigenvalue weighted by atomic mass is 32.2. The van der Waals surface area contributed by atoms with Crippen LogP contribution in [0.2, 0.25) is 0 Å². The van der Waals surface area contributed by atoms with Gasteiger partial charge >= 0.3 is 0 Å². The van der Waals surface area contributed by atoms with Crippen molar-refractivity contribution in [2.24, 2.45) is 0 Å². The van der Waals surface area contributed by atoms with Gasteiger partial charge in [0, 0.05) is 17.5 Å². The molecule has 2 heterocycles. The van der Waals surface area contributed by atoms with E-state index in [2.05, 4.69) is 11.2 Å². The Hall–Kier alpha value is -4.68. The Balaban J connectivity index is 1.66. The van der Waals surface area contributed by atoms with Crippen molar-refractivity contribution in [2.45, 2.75) is 10.6 Å². The zero-order valence-corrected chi connectivity index (χ0v) is 19.9. The summed E-state index contributed by atoms with van der Waals surface area (Å²) in [7, 11) is -2.17. The number of benzene rings is 3. The van der Waals surface area contributed by atoms with Crippen LogP contribution in [-0.4, -0.2) is 25.3 Å². The van der Waals surface area contributed by atoms with Crippen molar-refractivity contribution in [3.63, 3.8) is 0 Å². The fourth-order valence-electron chi connectivity index (χ4n) is 4.07. The van der Waals surface area contributed by atoms with Gasteiger partial charge in [-0.3, -0.25) is 9.36 Å². The first-order chi connectivity index (χ1) is 17.4. The Kier molecular flexibility index (Phi) is 5.88. The lowest BCUT2D eigenvalue weighted by Crippen LogP contribution is -2.18. The lowest BCUT2D eigenvalue weighted by Gasteiger charge is -2.16. The van der Waals surface area contributed by atoms with Crippen molar-refractivity contribution >= 4 is 20.7 Å². The van der Waals surface area contributed by atoms with Gasteiger partial charge in [0.1, 0.15) is 17.8 Å². The number of aromatic nitrogens is 2. The summed E-state index contributed by atoms with van der Waals surface area (Å²) in [5.41, 5.74) is 3.14. The van der Waals surface area contributed by atoms with Crippen molar-refractivity contribution in [1.82, 2.24) is 9.72 Å². The SMILES string of the molecule is COc1ccc(-c2cccc(C#N)c2)cc1-n1c(=O)ccc2cc(S(=O)(=O)Cc3ccon3)ccc21. The first-order valence-corrected chi connectivity index (χ1v) is 12.5. The van der Waals surface area contributed by atoms with E-state index in [4.69, 9.17) is 9.26 Å². The molecule has 0 amide bonds. The average molecular weight is 498 g/mol. The second-order valence-corrected chi connectivity index (χ2v) is 10.0. The molecule has 0 saturated heterocycles. The van der Waals surface area contributed by atoms with Gasteiger partial charge in [0.15, 0.2) is 9.84 Å². The van der Waals surface area contributed by atoms with Crippen LogP contribution in [0.4, 0.5) is 0 Å². The molecule has 178 valence electrons. The van der Waals surface area contributed by atoms with Crippen LogP contribution in [0, 0.1) is 11.3 Å². The monoisotopic (exact) mass is 497 g/mol. The largest absolute Gasteiger partial charge is 0.495 e. The van der Waals surface area contributed by atoms with E-state index in [-0.39, 0.29) is 16.2 Å². The van der Waals surface area contributed by atoms with Gasteiger partial charge in [0.2, 0.25) is 0 Å². The fourth-order valence-corrected chi connectivity index (χ4v) is 5.36. The topological polar surface area (TPSA) is 115 Å². The number of hydrogen-bond donors (Lipinski definition) is 0. The minimum absolute atomic E-state index is 0.109. The van der Waals surface area contributed by atoms with Gasteiger partial charge in [-0.15, -0.1) is 0 Å². The Morgan fingerprint density at radius 1 is 1.00 bits per heavy atom. The first-order valence-electron chi connectivity index (χ1n) is 10.9. The number of methoxy groups -OCH3 is 1. The number of fused-ring (bicyclic) bond motifs is 1. The van der Waals surface area contributed by atoms with E-state index in [9.17, 15) is 18.5 Å². The van der Waals surface area contributed by atoms with E-state index in [0.717, 1.165) is 11.1 Å². The maximum Gasteiger partial charge on any atom is 0.255 e. The first kappa shape index (κ1) is 23.1. The predicted molar refractivity (Wildman–Crippen MR) is 134 cm³/mol. The third kappa shape index (κ3) is 4.26. The molecule has 2 aromatic heterocycles. The minimum Gasteiger partial charge on any atom is -0.495 e. The van der Waals surface area contributed by atoms with Crippen molar-refractivity contribution in [3.8, 4) is 28.6 Å². The smallest absolute Gasteiger partial charge is 0.255 e. The van der Waals surface area contributed by atoms with Gasteiger partial charge < -0.3 is 9.26 Å². The maximum atomic E-state index is 13.1. The molecule has 0 bridgehead atoms. The van der Waals surface area contributed by atoms with Crippen LogP contribution >= 0.6 is 0 Å².